The molecule has 1 aromatic carbocycles. The number of hydrogen-bond donors (Lipinski definition) is 2. The topological polar surface area (TPSA) is 75.3 Å². The molecule has 22 heavy (non-hydrogen) atoms. The standard InChI is InChI=1S/C13H16BrFN2O3S.ClH/c1-21(19,20)11-6-8(14)5-10(12(11)15)13(18)17-9-3-2-4-16-7-9;/h5-6,9,16H,2-4,7H2,1H3,(H,17,18);1H. The highest BCUT2D eigenvalue weighted by molar-refractivity contribution is 9.10. The Hall–Kier alpha value is -0.700. The molecule has 0 saturated carbocycles. The van der Waals surface area contributed by atoms with E-state index in [2.05, 4.69) is 26.6 Å². The minimum absolute atomic E-state index is 0. The third-order valence-electron chi connectivity index (χ3n) is 3.28. The fourth-order valence-corrected chi connectivity index (χ4v) is 3.62. The molecular weight excluding hydrogens is 399 g/mol. The smallest absolute Gasteiger partial charge is 0.254 e. The number of sulfone groups is 1. The van der Waals surface area contributed by atoms with Gasteiger partial charge >= 0.3 is 0 Å². The minimum atomic E-state index is -3.74. The third kappa shape index (κ3) is 4.65. The number of piperidine rings is 1. The van der Waals surface area contributed by atoms with Gasteiger partial charge in [0.2, 0.25) is 0 Å². The summed E-state index contributed by atoms with van der Waals surface area (Å²) < 4.78 is 37.8. The molecule has 0 bridgehead atoms. The number of nitrogens with one attached hydrogen (secondary N) is 2. The summed E-state index contributed by atoms with van der Waals surface area (Å²) in [5.41, 5.74) is -0.268. The highest BCUT2D eigenvalue weighted by atomic mass is 79.9. The van der Waals surface area contributed by atoms with Crippen molar-refractivity contribution in [1.29, 1.82) is 0 Å². The van der Waals surface area contributed by atoms with E-state index in [0.29, 0.717) is 11.0 Å². The molecule has 1 saturated heterocycles. The molecule has 0 aliphatic carbocycles. The Morgan fingerprint density at radius 1 is 1.45 bits per heavy atom. The second kappa shape index (κ2) is 7.72. The Balaban J connectivity index is 0.00000242. The largest absolute Gasteiger partial charge is 0.348 e. The fourth-order valence-electron chi connectivity index (χ4n) is 2.24. The zero-order chi connectivity index (χ0) is 15.6. The van der Waals surface area contributed by atoms with Crippen LogP contribution >= 0.6 is 28.3 Å². The van der Waals surface area contributed by atoms with Gasteiger partial charge in [0, 0.05) is 23.3 Å². The molecule has 1 amide bonds. The van der Waals surface area contributed by atoms with E-state index in [4.69, 9.17) is 0 Å². The predicted molar refractivity (Wildman–Crippen MR) is 87.8 cm³/mol. The summed E-state index contributed by atoms with van der Waals surface area (Å²) in [5, 5.41) is 5.86. The van der Waals surface area contributed by atoms with Gasteiger partial charge in [-0.3, -0.25) is 4.79 Å². The molecular formula is C13H17BrClFN2O3S. The normalized spacial score (nSPS) is 18.4. The first-order valence-corrected chi connectivity index (χ1v) is 9.18. The Morgan fingerprint density at radius 3 is 2.68 bits per heavy atom. The summed E-state index contributed by atoms with van der Waals surface area (Å²) in [6.07, 6.45) is 2.65. The summed E-state index contributed by atoms with van der Waals surface area (Å²) in [6, 6.07) is 2.37. The summed E-state index contributed by atoms with van der Waals surface area (Å²) in [5.74, 6) is -1.62. The van der Waals surface area contributed by atoms with Crippen LogP contribution in [0.5, 0.6) is 0 Å². The maximum atomic E-state index is 14.3. The average Bonchev–Trinajstić information content (AvgIpc) is 2.40. The van der Waals surface area contributed by atoms with Crippen LogP contribution in [0.2, 0.25) is 0 Å². The van der Waals surface area contributed by atoms with Crippen molar-refractivity contribution in [2.24, 2.45) is 0 Å². The van der Waals surface area contributed by atoms with Gasteiger partial charge in [0.25, 0.3) is 5.91 Å². The molecule has 1 aliphatic heterocycles. The molecule has 2 rings (SSSR count). The lowest BCUT2D eigenvalue weighted by molar-refractivity contribution is 0.0926. The lowest BCUT2D eigenvalue weighted by Gasteiger charge is -2.24. The van der Waals surface area contributed by atoms with Crippen LogP contribution in [-0.2, 0) is 9.84 Å². The number of rotatable bonds is 3. The zero-order valence-electron chi connectivity index (χ0n) is 11.9. The molecule has 1 unspecified atom stereocenters. The van der Waals surface area contributed by atoms with Crippen molar-refractivity contribution in [2.45, 2.75) is 23.8 Å². The molecule has 1 aliphatic rings. The summed E-state index contributed by atoms with van der Waals surface area (Å²) in [7, 11) is -3.74. The van der Waals surface area contributed by atoms with Gasteiger partial charge in [0.05, 0.1) is 5.56 Å². The highest BCUT2D eigenvalue weighted by Crippen LogP contribution is 2.24. The summed E-state index contributed by atoms with van der Waals surface area (Å²) in [6.45, 7) is 1.52. The number of hydrogen-bond acceptors (Lipinski definition) is 4. The van der Waals surface area contributed by atoms with E-state index in [1.54, 1.807) is 0 Å². The highest BCUT2D eigenvalue weighted by Gasteiger charge is 2.24. The first kappa shape index (κ1) is 19.3. The minimum Gasteiger partial charge on any atom is -0.348 e. The Bertz CT molecular complexity index is 663. The first-order chi connectivity index (χ1) is 9.79. The Kier molecular flexibility index (Phi) is 6.79. The predicted octanol–water partition coefficient (Wildman–Crippen LogP) is 1.90. The van der Waals surface area contributed by atoms with Crippen molar-refractivity contribution >= 4 is 44.1 Å². The van der Waals surface area contributed by atoms with Crippen molar-refractivity contribution in [3.63, 3.8) is 0 Å². The van der Waals surface area contributed by atoms with E-state index in [1.807, 2.05) is 0 Å². The molecule has 9 heteroatoms. The Morgan fingerprint density at radius 2 is 2.14 bits per heavy atom. The van der Waals surface area contributed by atoms with Gasteiger partial charge < -0.3 is 10.6 Å². The molecule has 1 aromatic rings. The van der Waals surface area contributed by atoms with Crippen molar-refractivity contribution in [2.75, 3.05) is 19.3 Å². The SMILES string of the molecule is CS(=O)(=O)c1cc(Br)cc(C(=O)NC2CCCNC2)c1F.Cl. The molecule has 1 heterocycles. The van der Waals surface area contributed by atoms with Crippen LogP contribution in [0, 0.1) is 5.82 Å². The molecule has 124 valence electrons. The number of benzene rings is 1. The average molecular weight is 416 g/mol. The summed E-state index contributed by atoms with van der Waals surface area (Å²) in [4.78, 5) is 11.7. The van der Waals surface area contributed by atoms with E-state index < -0.39 is 26.5 Å². The van der Waals surface area contributed by atoms with E-state index in [1.165, 1.54) is 6.07 Å². The maximum absolute atomic E-state index is 14.3. The van der Waals surface area contributed by atoms with Crippen LogP contribution in [0.15, 0.2) is 21.5 Å². The quantitative estimate of drug-likeness (QED) is 0.790. The third-order valence-corrected chi connectivity index (χ3v) is 4.83. The van der Waals surface area contributed by atoms with Crippen LogP contribution in [0.1, 0.15) is 23.2 Å². The fraction of sp³-hybridized carbons (Fsp3) is 0.462. The van der Waals surface area contributed by atoms with E-state index >= 15 is 0 Å². The monoisotopic (exact) mass is 414 g/mol. The molecule has 2 N–H and O–H groups in total. The van der Waals surface area contributed by atoms with E-state index in [0.717, 1.165) is 31.7 Å². The lowest BCUT2D eigenvalue weighted by Crippen LogP contribution is -2.45. The van der Waals surface area contributed by atoms with Gasteiger partial charge in [-0.15, -0.1) is 12.4 Å². The van der Waals surface area contributed by atoms with Gasteiger partial charge in [0.1, 0.15) is 4.90 Å². The van der Waals surface area contributed by atoms with Crippen molar-refractivity contribution in [3.05, 3.63) is 28.0 Å². The van der Waals surface area contributed by atoms with Gasteiger partial charge in [-0.2, -0.15) is 0 Å². The van der Waals surface area contributed by atoms with Crippen LogP contribution in [-0.4, -0.2) is 39.7 Å². The second-order valence-corrected chi connectivity index (χ2v) is 7.95. The number of carbonyl (C=O) groups is 1. The van der Waals surface area contributed by atoms with Crippen molar-refractivity contribution in [3.8, 4) is 0 Å². The maximum Gasteiger partial charge on any atom is 0.254 e. The first-order valence-electron chi connectivity index (χ1n) is 6.49. The second-order valence-electron chi connectivity index (χ2n) is 5.05. The van der Waals surface area contributed by atoms with Crippen LogP contribution in [0.4, 0.5) is 4.39 Å². The molecule has 0 aromatic heterocycles. The molecule has 0 radical (unpaired) electrons. The van der Waals surface area contributed by atoms with Gasteiger partial charge in [-0.25, -0.2) is 12.8 Å². The number of amides is 1. The molecule has 1 atom stereocenters. The van der Waals surface area contributed by atoms with Crippen LogP contribution < -0.4 is 10.6 Å². The van der Waals surface area contributed by atoms with E-state index in [9.17, 15) is 17.6 Å². The molecule has 1 fully saturated rings. The lowest BCUT2D eigenvalue weighted by atomic mass is 10.1. The van der Waals surface area contributed by atoms with Gasteiger partial charge in [-0.05, 0) is 31.5 Å². The van der Waals surface area contributed by atoms with Crippen molar-refractivity contribution < 1.29 is 17.6 Å². The zero-order valence-corrected chi connectivity index (χ0v) is 15.1. The van der Waals surface area contributed by atoms with Crippen LogP contribution in [0.3, 0.4) is 0 Å². The van der Waals surface area contributed by atoms with Crippen molar-refractivity contribution in [1.82, 2.24) is 10.6 Å². The Labute approximate surface area is 143 Å². The molecule has 0 spiro atoms. The number of halogens is 3. The van der Waals surface area contributed by atoms with Gasteiger partial charge in [-0.1, -0.05) is 15.9 Å². The van der Waals surface area contributed by atoms with E-state index in [-0.39, 0.29) is 24.0 Å². The summed E-state index contributed by atoms with van der Waals surface area (Å²) >= 11 is 3.11. The molecule has 5 nitrogen and oxygen atoms in total. The van der Waals surface area contributed by atoms with Gasteiger partial charge in [0.15, 0.2) is 15.7 Å². The number of carbonyl (C=O) groups excluding carboxylic acids is 1. The van der Waals surface area contributed by atoms with Crippen LogP contribution in [0.25, 0.3) is 0 Å².